The number of alkyl halides is 6. The van der Waals surface area contributed by atoms with Gasteiger partial charge in [-0.05, 0) is 30.2 Å². The van der Waals surface area contributed by atoms with Gasteiger partial charge >= 0.3 is 12.4 Å². The lowest BCUT2D eigenvalue weighted by atomic mass is 10.0. The number of nitrogens with one attached hydrogen (secondary N) is 1. The summed E-state index contributed by atoms with van der Waals surface area (Å²) in [5.74, 6) is 0.324. The van der Waals surface area contributed by atoms with Crippen molar-refractivity contribution in [2.24, 2.45) is 0 Å². The van der Waals surface area contributed by atoms with Crippen LogP contribution in [0.2, 0.25) is 0 Å². The molecule has 198 valence electrons. The first-order valence-electron chi connectivity index (χ1n) is 11.4. The summed E-state index contributed by atoms with van der Waals surface area (Å²) >= 11 is 0. The summed E-state index contributed by atoms with van der Waals surface area (Å²) < 4.78 is 77.1. The molecule has 0 aliphatic carbocycles. The first-order valence-corrected chi connectivity index (χ1v) is 11.4. The maximum atomic E-state index is 13.4. The maximum absolute atomic E-state index is 13.4. The number of Topliss-reactive ketones (excluding diaryl/α,β-unsaturated/α-hetero) is 1. The van der Waals surface area contributed by atoms with E-state index in [2.05, 4.69) is 25.1 Å². The molecule has 38 heavy (non-hydrogen) atoms. The number of aromatic nitrogens is 3. The van der Waals surface area contributed by atoms with Gasteiger partial charge in [-0.2, -0.15) is 26.3 Å². The molecule has 1 aliphatic heterocycles. The van der Waals surface area contributed by atoms with Crippen LogP contribution >= 0.6 is 0 Å². The SMILES string of the molecule is [C-]#[N+]c1ccc(N2CCc3c(ncnc3Nc3ccc(CC(=O)CCC(F)(F)F)cn3)C2)cc1C(F)(F)F. The number of fused-ring (bicyclic) bond motifs is 1. The lowest BCUT2D eigenvalue weighted by Gasteiger charge is -2.31. The first kappa shape index (κ1) is 26.8. The van der Waals surface area contributed by atoms with E-state index in [-0.39, 0.29) is 13.0 Å². The van der Waals surface area contributed by atoms with Crippen molar-refractivity contribution in [2.45, 2.75) is 44.6 Å². The van der Waals surface area contributed by atoms with Crippen molar-refractivity contribution >= 4 is 28.8 Å². The summed E-state index contributed by atoms with van der Waals surface area (Å²) in [6.07, 6.45) is -7.80. The number of carbonyl (C=O) groups is 1. The van der Waals surface area contributed by atoms with Gasteiger partial charge in [0, 0.05) is 36.8 Å². The molecule has 4 rings (SSSR count). The molecule has 2 aromatic heterocycles. The predicted octanol–water partition coefficient (Wildman–Crippen LogP) is 6.20. The Morgan fingerprint density at radius 1 is 1.08 bits per heavy atom. The van der Waals surface area contributed by atoms with Crippen molar-refractivity contribution in [3.8, 4) is 0 Å². The highest BCUT2D eigenvalue weighted by molar-refractivity contribution is 5.80. The average molecular weight is 534 g/mol. The number of ketones is 1. The van der Waals surface area contributed by atoms with E-state index < -0.39 is 42.2 Å². The fourth-order valence-electron chi connectivity index (χ4n) is 4.05. The van der Waals surface area contributed by atoms with Crippen LogP contribution in [0.5, 0.6) is 0 Å². The monoisotopic (exact) mass is 534 g/mol. The Kier molecular flexibility index (Phi) is 7.52. The Hall–Kier alpha value is -4.21. The maximum Gasteiger partial charge on any atom is 0.407 e. The van der Waals surface area contributed by atoms with Gasteiger partial charge in [0.1, 0.15) is 23.7 Å². The number of anilines is 3. The number of nitrogens with zero attached hydrogens (tertiary/aromatic N) is 5. The van der Waals surface area contributed by atoms with Gasteiger partial charge < -0.3 is 10.2 Å². The van der Waals surface area contributed by atoms with Crippen molar-refractivity contribution < 1.29 is 31.1 Å². The number of hydrogen-bond donors (Lipinski definition) is 1. The third-order valence-electron chi connectivity index (χ3n) is 5.94. The van der Waals surface area contributed by atoms with Gasteiger partial charge in [-0.1, -0.05) is 12.1 Å². The molecule has 13 heteroatoms. The van der Waals surface area contributed by atoms with E-state index in [0.717, 1.165) is 17.7 Å². The minimum atomic E-state index is -4.65. The van der Waals surface area contributed by atoms with Gasteiger partial charge in [0.05, 0.1) is 30.8 Å². The van der Waals surface area contributed by atoms with Gasteiger partial charge in [-0.3, -0.25) is 4.79 Å². The van der Waals surface area contributed by atoms with Crippen LogP contribution < -0.4 is 10.2 Å². The number of rotatable bonds is 7. The molecule has 1 aliphatic rings. The molecule has 0 fully saturated rings. The number of hydrogen-bond acceptors (Lipinski definition) is 6. The third-order valence-corrected chi connectivity index (χ3v) is 5.94. The Morgan fingerprint density at radius 3 is 2.53 bits per heavy atom. The Bertz CT molecular complexity index is 1360. The van der Waals surface area contributed by atoms with Crippen molar-refractivity contribution in [1.29, 1.82) is 0 Å². The minimum absolute atomic E-state index is 0.158. The summed E-state index contributed by atoms with van der Waals surface area (Å²) in [4.78, 5) is 29.2. The third kappa shape index (κ3) is 6.56. The highest BCUT2D eigenvalue weighted by atomic mass is 19.4. The Labute approximate surface area is 213 Å². The standard InChI is InChI=1S/C25H20F6N6O/c1-32-20-4-3-16(11-19(20)25(29,30)31)37-9-7-18-21(13-37)34-14-35-23(18)36-22-5-2-15(12-33-22)10-17(38)6-8-24(26,27)28/h2-5,11-12,14H,6-10,13H2,(H,33,34,35,36). The molecule has 7 nitrogen and oxygen atoms in total. The van der Waals surface area contributed by atoms with Crippen LogP contribution in [-0.4, -0.2) is 33.5 Å². The van der Waals surface area contributed by atoms with Crippen molar-refractivity contribution in [1.82, 2.24) is 15.0 Å². The second-order valence-electron chi connectivity index (χ2n) is 8.64. The Balaban J connectivity index is 1.44. The summed E-state index contributed by atoms with van der Waals surface area (Å²) in [6.45, 7) is 7.62. The minimum Gasteiger partial charge on any atom is -0.365 e. The van der Waals surface area contributed by atoms with Crippen molar-refractivity contribution in [3.05, 3.63) is 76.7 Å². The van der Waals surface area contributed by atoms with Crippen LogP contribution in [0, 0.1) is 6.57 Å². The summed E-state index contributed by atoms with van der Waals surface area (Å²) in [7, 11) is 0. The van der Waals surface area contributed by atoms with Gasteiger partial charge in [0.15, 0.2) is 5.69 Å². The smallest absolute Gasteiger partial charge is 0.365 e. The van der Waals surface area contributed by atoms with Crippen LogP contribution in [0.1, 0.15) is 35.2 Å². The molecule has 0 saturated carbocycles. The van der Waals surface area contributed by atoms with Crippen LogP contribution in [0.25, 0.3) is 4.85 Å². The summed E-state index contributed by atoms with van der Waals surface area (Å²) in [5.41, 5.74) is 0.736. The van der Waals surface area contributed by atoms with Crippen molar-refractivity contribution in [3.63, 3.8) is 0 Å². The van der Waals surface area contributed by atoms with E-state index in [1.165, 1.54) is 18.6 Å². The fourth-order valence-corrected chi connectivity index (χ4v) is 4.05. The summed E-state index contributed by atoms with van der Waals surface area (Å²) in [6, 6.07) is 6.77. The molecule has 0 spiro atoms. The molecule has 0 saturated heterocycles. The highest BCUT2D eigenvalue weighted by Gasteiger charge is 2.34. The lowest BCUT2D eigenvalue weighted by Crippen LogP contribution is -2.32. The zero-order valence-electron chi connectivity index (χ0n) is 19.7. The predicted molar refractivity (Wildman–Crippen MR) is 126 cm³/mol. The molecule has 0 radical (unpaired) electrons. The first-order chi connectivity index (χ1) is 17.9. The molecular weight excluding hydrogens is 514 g/mol. The molecule has 0 amide bonds. The zero-order chi connectivity index (χ0) is 27.5. The second kappa shape index (κ2) is 10.6. The van der Waals surface area contributed by atoms with Crippen molar-refractivity contribution in [2.75, 3.05) is 16.8 Å². The average Bonchev–Trinajstić information content (AvgIpc) is 2.87. The fraction of sp³-hybridized carbons (Fsp3) is 0.320. The molecule has 3 heterocycles. The molecule has 0 bridgehead atoms. The van der Waals surface area contributed by atoms with Crippen LogP contribution in [0.15, 0.2) is 42.9 Å². The largest absolute Gasteiger partial charge is 0.407 e. The van der Waals surface area contributed by atoms with E-state index in [0.29, 0.717) is 41.5 Å². The van der Waals surface area contributed by atoms with Gasteiger partial charge in [0.25, 0.3) is 0 Å². The quantitative estimate of drug-likeness (QED) is 0.287. The molecule has 1 N–H and O–H groups in total. The Morgan fingerprint density at radius 2 is 1.87 bits per heavy atom. The molecular formula is C25H20F6N6O. The molecule has 1 aromatic carbocycles. The number of benzene rings is 1. The molecule has 0 unspecified atom stereocenters. The van der Waals surface area contributed by atoms with E-state index >= 15 is 0 Å². The number of pyridine rings is 1. The van der Waals surface area contributed by atoms with E-state index in [9.17, 15) is 31.1 Å². The summed E-state index contributed by atoms with van der Waals surface area (Å²) in [5, 5.41) is 3.06. The van der Waals surface area contributed by atoms with Crippen LogP contribution in [0.3, 0.4) is 0 Å². The van der Waals surface area contributed by atoms with Crippen LogP contribution in [0.4, 0.5) is 49.4 Å². The van der Waals surface area contributed by atoms with E-state index in [1.807, 2.05) is 0 Å². The van der Waals surface area contributed by atoms with Crippen LogP contribution in [-0.2, 0) is 30.4 Å². The van der Waals surface area contributed by atoms with E-state index in [4.69, 9.17) is 6.57 Å². The topological polar surface area (TPSA) is 75.4 Å². The highest BCUT2D eigenvalue weighted by Crippen LogP contribution is 2.39. The molecule has 3 aromatic rings. The second-order valence-corrected chi connectivity index (χ2v) is 8.64. The lowest BCUT2D eigenvalue weighted by molar-refractivity contribution is -0.143. The van der Waals surface area contributed by atoms with Gasteiger partial charge in [0.2, 0.25) is 0 Å². The van der Waals surface area contributed by atoms with E-state index in [1.54, 1.807) is 17.0 Å². The zero-order valence-corrected chi connectivity index (χ0v) is 19.7. The normalized spacial score (nSPS) is 13.6. The van der Waals surface area contributed by atoms with Gasteiger partial charge in [-0.15, -0.1) is 0 Å². The number of halogens is 6. The number of carbonyl (C=O) groups excluding carboxylic acids is 1. The van der Waals surface area contributed by atoms with Gasteiger partial charge in [-0.25, -0.2) is 19.8 Å². The molecule has 0 atom stereocenters.